The number of carbonyl (C=O) groups excluding carboxylic acids is 1. The minimum Gasteiger partial charge on any atom is -0.351 e. The van der Waals surface area contributed by atoms with Gasteiger partial charge in [0.15, 0.2) is 0 Å². The summed E-state index contributed by atoms with van der Waals surface area (Å²) in [5.41, 5.74) is 3.07. The zero-order chi connectivity index (χ0) is 18.3. The first-order valence-corrected chi connectivity index (χ1v) is 10.0. The lowest BCUT2D eigenvalue weighted by atomic mass is 10.1. The molecule has 1 aliphatic rings. The van der Waals surface area contributed by atoms with E-state index in [1.165, 1.54) is 24.2 Å². The Morgan fingerprint density at radius 3 is 2.85 bits per heavy atom. The molecule has 0 unspecified atom stereocenters. The number of hydrogen-bond acceptors (Lipinski definition) is 4. The van der Waals surface area contributed by atoms with Crippen LogP contribution in [0.2, 0.25) is 5.02 Å². The number of hydrogen-bond donors (Lipinski definition) is 1. The molecule has 26 heavy (non-hydrogen) atoms. The number of benzene rings is 1. The monoisotopic (exact) mass is 385 g/mol. The standard InChI is InChI=1S/C20H20ClN3OS/c1-11-16-12(2)23-18(14-6-7-14)24-20(16)26-17(11)19(25)22-9-8-13-4-3-5-15(21)10-13/h3-5,10,14H,6-9H2,1-2H3,(H,22,25). The summed E-state index contributed by atoms with van der Waals surface area (Å²) < 4.78 is 0. The maximum Gasteiger partial charge on any atom is 0.261 e. The van der Waals surface area contributed by atoms with Gasteiger partial charge in [0.05, 0.1) is 10.6 Å². The van der Waals surface area contributed by atoms with Crippen LogP contribution in [-0.4, -0.2) is 22.4 Å². The third-order valence-corrected chi connectivity index (χ3v) is 6.14. The zero-order valence-electron chi connectivity index (χ0n) is 14.8. The van der Waals surface area contributed by atoms with Crippen LogP contribution >= 0.6 is 22.9 Å². The number of thiophene rings is 1. The smallest absolute Gasteiger partial charge is 0.261 e. The Kier molecular flexibility index (Phi) is 4.67. The molecular formula is C20H20ClN3OS. The molecule has 1 saturated carbocycles. The molecule has 0 spiro atoms. The summed E-state index contributed by atoms with van der Waals surface area (Å²) in [7, 11) is 0. The van der Waals surface area contributed by atoms with Crippen molar-refractivity contribution in [3.05, 3.63) is 56.8 Å². The van der Waals surface area contributed by atoms with Gasteiger partial charge in [-0.2, -0.15) is 0 Å². The highest BCUT2D eigenvalue weighted by Crippen LogP contribution is 2.40. The topological polar surface area (TPSA) is 54.9 Å². The van der Waals surface area contributed by atoms with Gasteiger partial charge in [-0.3, -0.25) is 4.79 Å². The SMILES string of the molecule is Cc1nc(C2CC2)nc2sc(C(=O)NCCc3cccc(Cl)c3)c(C)c12. The fourth-order valence-electron chi connectivity index (χ4n) is 3.19. The summed E-state index contributed by atoms with van der Waals surface area (Å²) >= 11 is 7.47. The Labute approximate surface area is 161 Å². The number of amides is 1. The molecule has 1 aromatic carbocycles. The summed E-state index contributed by atoms with van der Waals surface area (Å²) in [6.45, 7) is 4.57. The first-order chi connectivity index (χ1) is 12.5. The molecule has 2 aromatic heterocycles. The highest BCUT2D eigenvalue weighted by molar-refractivity contribution is 7.20. The van der Waals surface area contributed by atoms with Gasteiger partial charge in [-0.05, 0) is 56.4 Å². The van der Waals surface area contributed by atoms with E-state index in [4.69, 9.17) is 16.6 Å². The number of nitrogens with zero attached hydrogens (tertiary/aromatic N) is 2. The molecule has 1 fully saturated rings. The predicted molar refractivity (Wildman–Crippen MR) is 106 cm³/mol. The van der Waals surface area contributed by atoms with Crippen LogP contribution in [0.25, 0.3) is 10.2 Å². The van der Waals surface area contributed by atoms with Crippen LogP contribution in [0, 0.1) is 13.8 Å². The van der Waals surface area contributed by atoms with Crippen molar-refractivity contribution >= 4 is 39.1 Å². The summed E-state index contributed by atoms with van der Waals surface area (Å²) in [5.74, 6) is 1.40. The van der Waals surface area contributed by atoms with Gasteiger partial charge in [0.2, 0.25) is 0 Å². The van der Waals surface area contributed by atoms with Crippen LogP contribution in [0.1, 0.15) is 51.1 Å². The minimum absolute atomic E-state index is 0.0418. The van der Waals surface area contributed by atoms with E-state index in [9.17, 15) is 4.79 Å². The number of aryl methyl sites for hydroxylation is 2. The van der Waals surface area contributed by atoms with E-state index in [-0.39, 0.29) is 5.91 Å². The van der Waals surface area contributed by atoms with Gasteiger partial charge in [0, 0.05) is 22.9 Å². The van der Waals surface area contributed by atoms with E-state index >= 15 is 0 Å². The van der Waals surface area contributed by atoms with Gasteiger partial charge in [-0.15, -0.1) is 11.3 Å². The number of nitrogens with one attached hydrogen (secondary N) is 1. The van der Waals surface area contributed by atoms with Gasteiger partial charge in [-0.25, -0.2) is 9.97 Å². The molecule has 0 aliphatic heterocycles. The van der Waals surface area contributed by atoms with E-state index in [2.05, 4.69) is 10.3 Å². The Bertz CT molecular complexity index is 994. The molecule has 1 amide bonds. The van der Waals surface area contributed by atoms with Crippen molar-refractivity contribution in [3.63, 3.8) is 0 Å². The predicted octanol–water partition coefficient (Wildman–Crippen LogP) is 4.81. The summed E-state index contributed by atoms with van der Waals surface area (Å²) in [5, 5.41) is 4.76. The van der Waals surface area contributed by atoms with Crippen molar-refractivity contribution in [1.29, 1.82) is 0 Å². The van der Waals surface area contributed by atoms with Gasteiger partial charge < -0.3 is 5.32 Å². The Morgan fingerprint density at radius 1 is 1.31 bits per heavy atom. The van der Waals surface area contributed by atoms with Gasteiger partial charge in [0.1, 0.15) is 10.7 Å². The van der Waals surface area contributed by atoms with Crippen LogP contribution in [0.4, 0.5) is 0 Å². The largest absolute Gasteiger partial charge is 0.351 e. The molecule has 0 atom stereocenters. The van der Waals surface area contributed by atoms with Gasteiger partial charge >= 0.3 is 0 Å². The minimum atomic E-state index is -0.0418. The van der Waals surface area contributed by atoms with Gasteiger partial charge in [0.25, 0.3) is 5.91 Å². The third-order valence-electron chi connectivity index (χ3n) is 4.73. The molecule has 134 valence electrons. The molecule has 6 heteroatoms. The Morgan fingerprint density at radius 2 is 2.12 bits per heavy atom. The average molecular weight is 386 g/mol. The van der Waals surface area contributed by atoms with E-state index in [1.54, 1.807) is 0 Å². The normalized spacial score (nSPS) is 14.0. The van der Waals surface area contributed by atoms with Crippen LogP contribution < -0.4 is 5.32 Å². The van der Waals surface area contributed by atoms with Crippen molar-refractivity contribution in [2.75, 3.05) is 6.54 Å². The van der Waals surface area contributed by atoms with Crippen molar-refractivity contribution in [1.82, 2.24) is 15.3 Å². The van der Waals surface area contributed by atoms with E-state index < -0.39 is 0 Å². The first-order valence-electron chi connectivity index (χ1n) is 8.83. The second-order valence-electron chi connectivity index (χ2n) is 6.81. The molecule has 2 heterocycles. The lowest BCUT2D eigenvalue weighted by molar-refractivity contribution is 0.0957. The van der Waals surface area contributed by atoms with Crippen molar-refractivity contribution in [2.24, 2.45) is 0 Å². The highest BCUT2D eigenvalue weighted by Gasteiger charge is 2.28. The molecule has 1 aliphatic carbocycles. The second kappa shape index (κ2) is 6.97. The quantitative estimate of drug-likeness (QED) is 0.685. The van der Waals surface area contributed by atoms with E-state index in [0.717, 1.165) is 49.2 Å². The maximum absolute atomic E-state index is 12.7. The Hall–Kier alpha value is -1.98. The van der Waals surface area contributed by atoms with Crippen LogP contribution in [0.15, 0.2) is 24.3 Å². The van der Waals surface area contributed by atoms with E-state index in [1.807, 2.05) is 38.1 Å². The zero-order valence-corrected chi connectivity index (χ0v) is 16.4. The number of carbonyl (C=O) groups is 1. The number of rotatable bonds is 5. The number of aromatic nitrogens is 2. The molecule has 0 radical (unpaired) electrons. The van der Waals surface area contributed by atoms with Crippen molar-refractivity contribution in [3.8, 4) is 0 Å². The Balaban J connectivity index is 1.51. The number of fused-ring (bicyclic) bond motifs is 1. The highest BCUT2D eigenvalue weighted by atomic mass is 35.5. The molecule has 4 rings (SSSR count). The van der Waals surface area contributed by atoms with E-state index in [0.29, 0.717) is 12.5 Å². The molecular weight excluding hydrogens is 366 g/mol. The van der Waals surface area contributed by atoms with Gasteiger partial charge in [-0.1, -0.05) is 23.7 Å². The van der Waals surface area contributed by atoms with Crippen LogP contribution in [-0.2, 0) is 6.42 Å². The number of halogens is 1. The lowest BCUT2D eigenvalue weighted by Crippen LogP contribution is -2.25. The molecule has 3 aromatic rings. The maximum atomic E-state index is 12.7. The summed E-state index contributed by atoms with van der Waals surface area (Å²) in [6, 6.07) is 7.72. The third kappa shape index (κ3) is 3.46. The van der Waals surface area contributed by atoms with Crippen molar-refractivity contribution < 1.29 is 4.79 Å². The second-order valence-corrected chi connectivity index (χ2v) is 8.25. The summed E-state index contributed by atoms with van der Waals surface area (Å²) in [6.07, 6.45) is 3.10. The fourth-order valence-corrected chi connectivity index (χ4v) is 4.56. The van der Waals surface area contributed by atoms with Crippen molar-refractivity contribution in [2.45, 2.75) is 39.0 Å². The molecule has 1 N–H and O–H groups in total. The molecule has 0 saturated heterocycles. The molecule has 4 nitrogen and oxygen atoms in total. The van der Waals surface area contributed by atoms with Crippen LogP contribution in [0.5, 0.6) is 0 Å². The molecule has 0 bridgehead atoms. The summed E-state index contributed by atoms with van der Waals surface area (Å²) in [4.78, 5) is 23.7. The first kappa shape index (κ1) is 17.4. The average Bonchev–Trinajstić information content (AvgIpc) is 3.39. The fraction of sp³-hybridized carbons (Fsp3) is 0.350. The lowest BCUT2D eigenvalue weighted by Gasteiger charge is -2.05. The van der Waals surface area contributed by atoms with Crippen LogP contribution in [0.3, 0.4) is 0 Å².